The summed E-state index contributed by atoms with van der Waals surface area (Å²) in [7, 11) is 0. The standard InChI is InChI=1S/C17H22N4O/c1-3-10-19-17-20-13(2)12-15(21-17)16(22)18-11-9-14-7-5-4-6-8-14/h4-8,12H,3,9-11H2,1-2H3,(H,18,22)(H,19,20,21). The second-order valence-electron chi connectivity index (χ2n) is 5.14. The van der Waals surface area contributed by atoms with Gasteiger partial charge in [-0.25, -0.2) is 9.97 Å². The molecule has 1 amide bonds. The highest BCUT2D eigenvalue weighted by Crippen LogP contribution is 2.05. The molecule has 0 saturated heterocycles. The van der Waals surface area contributed by atoms with Gasteiger partial charge in [0.2, 0.25) is 5.95 Å². The molecule has 0 saturated carbocycles. The number of anilines is 1. The first kappa shape index (κ1) is 15.9. The normalized spacial score (nSPS) is 10.3. The van der Waals surface area contributed by atoms with Gasteiger partial charge in [0.15, 0.2) is 0 Å². The van der Waals surface area contributed by atoms with Crippen LogP contribution in [0.1, 0.15) is 35.1 Å². The van der Waals surface area contributed by atoms with E-state index in [1.807, 2.05) is 37.3 Å². The largest absolute Gasteiger partial charge is 0.354 e. The first-order chi connectivity index (χ1) is 10.7. The summed E-state index contributed by atoms with van der Waals surface area (Å²) in [6.07, 6.45) is 1.79. The minimum absolute atomic E-state index is 0.166. The number of aryl methyl sites for hydroxylation is 1. The molecule has 0 aliphatic rings. The van der Waals surface area contributed by atoms with E-state index in [9.17, 15) is 4.79 Å². The van der Waals surface area contributed by atoms with Gasteiger partial charge in [-0.3, -0.25) is 4.79 Å². The summed E-state index contributed by atoms with van der Waals surface area (Å²) in [4.78, 5) is 20.7. The fraction of sp³-hybridized carbons (Fsp3) is 0.353. The van der Waals surface area contributed by atoms with E-state index >= 15 is 0 Å². The Balaban J connectivity index is 1.92. The molecule has 0 unspecified atom stereocenters. The Labute approximate surface area is 131 Å². The smallest absolute Gasteiger partial charge is 0.270 e. The molecule has 2 N–H and O–H groups in total. The van der Waals surface area contributed by atoms with Gasteiger partial charge in [-0.1, -0.05) is 37.3 Å². The maximum Gasteiger partial charge on any atom is 0.270 e. The van der Waals surface area contributed by atoms with Crippen LogP contribution in [0.4, 0.5) is 5.95 Å². The SMILES string of the molecule is CCCNc1nc(C)cc(C(=O)NCCc2ccccc2)n1. The van der Waals surface area contributed by atoms with Crippen molar-refractivity contribution in [3.63, 3.8) is 0 Å². The molecule has 5 heteroatoms. The van der Waals surface area contributed by atoms with Gasteiger partial charge in [-0.05, 0) is 31.4 Å². The molecule has 2 aromatic rings. The Morgan fingerprint density at radius 1 is 1.14 bits per heavy atom. The molecule has 0 radical (unpaired) electrons. The Bertz CT molecular complexity index is 613. The molecule has 5 nitrogen and oxygen atoms in total. The predicted molar refractivity (Wildman–Crippen MR) is 88.0 cm³/mol. The maximum absolute atomic E-state index is 12.2. The van der Waals surface area contributed by atoms with Crippen molar-refractivity contribution in [1.82, 2.24) is 15.3 Å². The molecule has 0 bridgehead atoms. The third-order valence-electron chi connectivity index (χ3n) is 3.16. The molecule has 0 aliphatic heterocycles. The van der Waals surface area contributed by atoms with Crippen LogP contribution in [-0.4, -0.2) is 29.0 Å². The van der Waals surface area contributed by atoms with Gasteiger partial charge in [-0.15, -0.1) is 0 Å². The van der Waals surface area contributed by atoms with Gasteiger partial charge in [0, 0.05) is 18.8 Å². The lowest BCUT2D eigenvalue weighted by atomic mass is 10.1. The Kier molecular flexibility index (Phi) is 5.89. The summed E-state index contributed by atoms with van der Waals surface area (Å²) >= 11 is 0. The van der Waals surface area contributed by atoms with Gasteiger partial charge < -0.3 is 10.6 Å². The van der Waals surface area contributed by atoms with E-state index in [0.717, 1.165) is 25.1 Å². The predicted octanol–water partition coefficient (Wildman–Crippen LogP) is 2.58. The van der Waals surface area contributed by atoms with Crippen LogP contribution in [0, 0.1) is 6.92 Å². The van der Waals surface area contributed by atoms with Gasteiger partial charge in [-0.2, -0.15) is 0 Å². The summed E-state index contributed by atoms with van der Waals surface area (Å²) in [6, 6.07) is 11.8. The summed E-state index contributed by atoms with van der Waals surface area (Å²) in [6.45, 7) is 5.31. The number of carbonyl (C=O) groups is 1. The van der Waals surface area contributed by atoms with Crippen molar-refractivity contribution in [3.8, 4) is 0 Å². The van der Waals surface area contributed by atoms with E-state index < -0.39 is 0 Å². The number of amides is 1. The number of hydrogen-bond acceptors (Lipinski definition) is 4. The lowest BCUT2D eigenvalue weighted by Gasteiger charge is -2.08. The fourth-order valence-corrected chi connectivity index (χ4v) is 2.06. The maximum atomic E-state index is 12.2. The number of nitrogens with zero attached hydrogens (tertiary/aromatic N) is 2. The zero-order valence-electron chi connectivity index (χ0n) is 13.1. The number of rotatable bonds is 7. The van der Waals surface area contributed by atoms with E-state index in [2.05, 4.69) is 27.5 Å². The van der Waals surface area contributed by atoms with Crippen LogP contribution < -0.4 is 10.6 Å². The van der Waals surface area contributed by atoms with Crippen LogP contribution in [0.5, 0.6) is 0 Å². The number of nitrogens with one attached hydrogen (secondary N) is 2. The minimum Gasteiger partial charge on any atom is -0.354 e. The quantitative estimate of drug-likeness (QED) is 0.824. The van der Waals surface area contributed by atoms with Crippen molar-refractivity contribution in [2.45, 2.75) is 26.7 Å². The monoisotopic (exact) mass is 298 g/mol. The molecule has 0 atom stereocenters. The Morgan fingerprint density at radius 3 is 2.64 bits per heavy atom. The number of benzene rings is 1. The molecule has 1 heterocycles. The van der Waals surface area contributed by atoms with Crippen molar-refractivity contribution in [3.05, 3.63) is 53.3 Å². The van der Waals surface area contributed by atoms with Gasteiger partial charge in [0.25, 0.3) is 5.91 Å². The second-order valence-corrected chi connectivity index (χ2v) is 5.14. The highest BCUT2D eigenvalue weighted by Gasteiger charge is 2.10. The highest BCUT2D eigenvalue weighted by atomic mass is 16.1. The van der Waals surface area contributed by atoms with E-state index in [4.69, 9.17) is 0 Å². The third-order valence-corrected chi connectivity index (χ3v) is 3.16. The fourth-order valence-electron chi connectivity index (χ4n) is 2.06. The number of hydrogen-bond donors (Lipinski definition) is 2. The number of aromatic nitrogens is 2. The van der Waals surface area contributed by atoms with Crippen LogP contribution >= 0.6 is 0 Å². The zero-order chi connectivity index (χ0) is 15.8. The van der Waals surface area contributed by atoms with Crippen molar-refractivity contribution in [2.24, 2.45) is 0 Å². The van der Waals surface area contributed by atoms with Crippen molar-refractivity contribution >= 4 is 11.9 Å². The zero-order valence-corrected chi connectivity index (χ0v) is 13.1. The third kappa shape index (κ3) is 4.84. The van der Waals surface area contributed by atoms with Gasteiger partial charge in [0.1, 0.15) is 5.69 Å². The van der Waals surface area contributed by atoms with Gasteiger partial charge in [0.05, 0.1) is 0 Å². The molecule has 0 spiro atoms. The highest BCUT2D eigenvalue weighted by molar-refractivity contribution is 5.92. The summed E-state index contributed by atoms with van der Waals surface area (Å²) < 4.78 is 0. The average molecular weight is 298 g/mol. The first-order valence-electron chi connectivity index (χ1n) is 7.60. The van der Waals surface area contributed by atoms with Crippen LogP contribution in [0.25, 0.3) is 0 Å². The van der Waals surface area contributed by atoms with Crippen molar-refractivity contribution in [2.75, 3.05) is 18.4 Å². The molecule has 22 heavy (non-hydrogen) atoms. The topological polar surface area (TPSA) is 66.9 Å². The first-order valence-corrected chi connectivity index (χ1v) is 7.60. The lowest BCUT2D eigenvalue weighted by Crippen LogP contribution is -2.27. The molecule has 1 aromatic heterocycles. The number of carbonyl (C=O) groups excluding carboxylic acids is 1. The molecule has 0 aliphatic carbocycles. The molecule has 116 valence electrons. The minimum atomic E-state index is -0.166. The van der Waals surface area contributed by atoms with Crippen LogP contribution in [0.15, 0.2) is 36.4 Å². The second kappa shape index (κ2) is 8.12. The van der Waals surface area contributed by atoms with Crippen LogP contribution in [0.3, 0.4) is 0 Å². The molecule has 2 rings (SSSR count). The van der Waals surface area contributed by atoms with Crippen LogP contribution in [-0.2, 0) is 6.42 Å². The van der Waals surface area contributed by atoms with Gasteiger partial charge >= 0.3 is 0 Å². The van der Waals surface area contributed by atoms with Crippen molar-refractivity contribution < 1.29 is 4.79 Å². The Morgan fingerprint density at radius 2 is 1.91 bits per heavy atom. The van der Waals surface area contributed by atoms with Crippen molar-refractivity contribution in [1.29, 1.82) is 0 Å². The Hall–Kier alpha value is -2.43. The summed E-state index contributed by atoms with van der Waals surface area (Å²) in [5.41, 5.74) is 2.38. The van der Waals surface area contributed by atoms with Crippen LogP contribution in [0.2, 0.25) is 0 Å². The van der Waals surface area contributed by atoms with E-state index in [1.54, 1.807) is 6.07 Å². The average Bonchev–Trinajstić information content (AvgIpc) is 2.53. The molecule has 0 fully saturated rings. The molecular weight excluding hydrogens is 276 g/mol. The molecular formula is C17H22N4O. The van der Waals surface area contributed by atoms with E-state index in [-0.39, 0.29) is 5.91 Å². The summed E-state index contributed by atoms with van der Waals surface area (Å²) in [5.74, 6) is 0.344. The van der Waals surface area contributed by atoms with E-state index in [0.29, 0.717) is 18.2 Å². The molecule has 1 aromatic carbocycles. The summed E-state index contributed by atoms with van der Waals surface area (Å²) in [5, 5.41) is 6.01. The lowest BCUT2D eigenvalue weighted by molar-refractivity contribution is 0.0949. The van der Waals surface area contributed by atoms with E-state index in [1.165, 1.54) is 5.56 Å².